The number of carbonyl (C=O) groups excluding carboxylic acids is 1. The highest BCUT2D eigenvalue weighted by molar-refractivity contribution is 5.85. The molecule has 1 rings (SSSR count). The van der Waals surface area contributed by atoms with Crippen LogP contribution in [0.1, 0.15) is 33.6 Å². The fourth-order valence-corrected chi connectivity index (χ4v) is 1.67. The van der Waals surface area contributed by atoms with Gasteiger partial charge in [-0.15, -0.1) is 0 Å². The molecule has 17 heavy (non-hydrogen) atoms. The van der Waals surface area contributed by atoms with E-state index in [0.717, 1.165) is 6.42 Å². The van der Waals surface area contributed by atoms with Gasteiger partial charge in [-0.05, 0) is 26.7 Å². The predicted molar refractivity (Wildman–Crippen MR) is 61.8 cm³/mol. The summed E-state index contributed by atoms with van der Waals surface area (Å²) in [5.41, 5.74) is -1.23. The van der Waals surface area contributed by atoms with Gasteiger partial charge in [-0.2, -0.15) is 0 Å². The summed E-state index contributed by atoms with van der Waals surface area (Å²) in [5.74, 6) is -1.04. The normalized spacial score (nSPS) is 27.2. The van der Waals surface area contributed by atoms with E-state index in [4.69, 9.17) is 9.84 Å². The van der Waals surface area contributed by atoms with Crippen LogP contribution in [0, 0.1) is 0 Å². The summed E-state index contributed by atoms with van der Waals surface area (Å²) in [7, 11) is 0. The largest absolute Gasteiger partial charge is 0.480 e. The van der Waals surface area contributed by atoms with Gasteiger partial charge in [0, 0.05) is 6.61 Å². The molecule has 1 fully saturated rings. The summed E-state index contributed by atoms with van der Waals surface area (Å²) >= 11 is 0. The molecule has 1 aliphatic rings. The highest BCUT2D eigenvalue weighted by atomic mass is 16.5. The maximum atomic E-state index is 11.7. The highest BCUT2D eigenvalue weighted by Gasteiger charge is 2.34. The van der Waals surface area contributed by atoms with Gasteiger partial charge in [0.2, 0.25) is 0 Å². The Morgan fingerprint density at radius 1 is 1.53 bits per heavy atom. The fourth-order valence-electron chi connectivity index (χ4n) is 1.67. The number of carbonyl (C=O) groups is 2. The molecular formula is C11H20N2O4. The first kappa shape index (κ1) is 13.8. The average molecular weight is 244 g/mol. The summed E-state index contributed by atoms with van der Waals surface area (Å²) in [5, 5.41) is 14.2. The van der Waals surface area contributed by atoms with E-state index in [-0.39, 0.29) is 12.1 Å². The van der Waals surface area contributed by atoms with Crippen LogP contribution in [0.5, 0.6) is 0 Å². The molecule has 2 amide bonds. The van der Waals surface area contributed by atoms with Crippen LogP contribution in [0.15, 0.2) is 0 Å². The molecule has 0 aliphatic carbocycles. The van der Waals surface area contributed by atoms with Crippen LogP contribution < -0.4 is 10.6 Å². The number of rotatable bonds is 4. The Morgan fingerprint density at radius 3 is 2.59 bits per heavy atom. The van der Waals surface area contributed by atoms with Crippen LogP contribution in [0.3, 0.4) is 0 Å². The quantitative estimate of drug-likeness (QED) is 0.680. The number of hydrogen-bond acceptors (Lipinski definition) is 3. The minimum absolute atomic E-state index is 0.0292. The van der Waals surface area contributed by atoms with Gasteiger partial charge in [0.15, 0.2) is 0 Å². The minimum atomic E-state index is -1.23. The van der Waals surface area contributed by atoms with Gasteiger partial charge in [-0.25, -0.2) is 9.59 Å². The van der Waals surface area contributed by atoms with Crippen LogP contribution in [-0.4, -0.2) is 41.4 Å². The molecule has 0 bridgehead atoms. The van der Waals surface area contributed by atoms with E-state index in [0.29, 0.717) is 13.0 Å². The molecular weight excluding hydrogens is 224 g/mol. The molecule has 0 aromatic carbocycles. The number of urea groups is 1. The average Bonchev–Trinajstić information content (AvgIpc) is 2.63. The Morgan fingerprint density at radius 2 is 2.18 bits per heavy atom. The van der Waals surface area contributed by atoms with Gasteiger partial charge in [-0.1, -0.05) is 6.92 Å². The molecule has 1 saturated heterocycles. The lowest BCUT2D eigenvalue weighted by Gasteiger charge is -2.26. The molecule has 1 heterocycles. The van der Waals surface area contributed by atoms with Crippen molar-refractivity contribution in [2.75, 3.05) is 6.61 Å². The van der Waals surface area contributed by atoms with Gasteiger partial charge in [-0.3, -0.25) is 0 Å². The molecule has 1 aliphatic heterocycles. The molecule has 0 aromatic heterocycles. The van der Waals surface area contributed by atoms with Gasteiger partial charge < -0.3 is 20.5 Å². The Labute approximate surface area is 101 Å². The zero-order valence-electron chi connectivity index (χ0n) is 10.4. The van der Waals surface area contributed by atoms with Gasteiger partial charge in [0.25, 0.3) is 0 Å². The van der Waals surface area contributed by atoms with E-state index >= 15 is 0 Å². The van der Waals surface area contributed by atoms with Gasteiger partial charge in [0.1, 0.15) is 5.54 Å². The molecule has 3 atom stereocenters. The third-order valence-electron chi connectivity index (χ3n) is 3.26. The van der Waals surface area contributed by atoms with Crippen molar-refractivity contribution in [3.8, 4) is 0 Å². The SMILES string of the molecule is CCC(C)(NC(=O)NC1CCOC1C)C(=O)O. The van der Waals surface area contributed by atoms with Crippen LogP contribution in [0.25, 0.3) is 0 Å². The van der Waals surface area contributed by atoms with Crippen molar-refractivity contribution >= 4 is 12.0 Å². The predicted octanol–water partition coefficient (Wildman–Crippen LogP) is 0.716. The minimum Gasteiger partial charge on any atom is -0.480 e. The summed E-state index contributed by atoms with van der Waals surface area (Å²) in [4.78, 5) is 22.7. The van der Waals surface area contributed by atoms with Gasteiger partial charge >= 0.3 is 12.0 Å². The second-order valence-electron chi connectivity index (χ2n) is 4.56. The Hall–Kier alpha value is -1.30. The van der Waals surface area contributed by atoms with E-state index in [1.165, 1.54) is 6.92 Å². The standard InChI is InChI=1S/C11H20N2O4/c1-4-11(3,9(14)15)13-10(16)12-8-5-6-17-7(8)2/h7-8H,4-6H2,1-3H3,(H,14,15)(H2,12,13,16). The number of carboxylic acid groups (broad SMARTS) is 1. The third kappa shape index (κ3) is 3.33. The van der Waals surface area contributed by atoms with Crippen molar-refractivity contribution in [2.45, 2.75) is 51.3 Å². The van der Waals surface area contributed by atoms with Crippen molar-refractivity contribution in [2.24, 2.45) is 0 Å². The number of hydrogen-bond donors (Lipinski definition) is 3. The summed E-state index contributed by atoms with van der Waals surface area (Å²) in [6.45, 7) is 5.71. The third-order valence-corrected chi connectivity index (χ3v) is 3.26. The molecule has 6 heteroatoms. The molecule has 6 nitrogen and oxygen atoms in total. The van der Waals surface area contributed by atoms with Crippen molar-refractivity contribution < 1.29 is 19.4 Å². The van der Waals surface area contributed by atoms with E-state index in [9.17, 15) is 9.59 Å². The van der Waals surface area contributed by atoms with Crippen LogP contribution in [0.4, 0.5) is 4.79 Å². The van der Waals surface area contributed by atoms with Crippen LogP contribution >= 0.6 is 0 Å². The Bertz CT molecular complexity index is 308. The Balaban J connectivity index is 2.51. The van der Waals surface area contributed by atoms with Crippen LogP contribution in [-0.2, 0) is 9.53 Å². The van der Waals surface area contributed by atoms with E-state index in [2.05, 4.69) is 10.6 Å². The van der Waals surface area contributed by atoms with Crippen molar-refractivity contribution in [1.29, 1.82) is 0 Å². The lowest BCUT2D eigenvalue weighted by molar-refractivity contribution is -0.143. The molecule has 0 radical (unpaired) electrons. The topological polar surface area (TPSA) is 87.7 Å². The lowest BCUT2D eigenvalue weighted by Crippen LogP contribution is -2.57. The number of aliphatic carboxylic acids is 1. The Kier molecular flexibility index (Phi) is 4.34. The number of ether oxygens (including phenoxy) is 1. The van der Waals surface area contributed by atoms with Crippen molar-refractivity contribution in [1.82, 2.24) is 10.6 Å². The van der Waals surface area contributed by atoms with Gasteiger partial charge in [0.05, 0.1) is 12.1 Å². The molecule has 98 valence electrons. The summed E-state index contributed by atoms with van der Waals surface area (Å²) in [6.07, 6.45) is 1.05. The first-order valence-corrected chi connectivity index (χ1v) is 5.82. The molecule has 3 N–H and O–H groups in total. The molecule has 0 spiro atoms. The number of nitrogens with one attached hydrogen (secondary N) is 2. The summed E-state index contributed by atoms with van der Waals surface area (Å²) < 4.78 is 5.31. The van der Waals surface area contributed by atoms with Crippen molar-refractivity contribution in [3.63, 3.8) is 0 Å². The first-order valence-electron chi connectivity index (χ1n) is 5.82. The smallest absolute Gasteiger partial charge is 0.329 e. The van der Waals surface area contributed by atoms with Crippen LogP contribution in [0.2, 0.25) is 0 Å². The zero-order valence-corrected chi connectivity index (χ0v) is 10.4. The molecule has 3 unspecified atom stereocenters. The second kappa shape index (κ2) is 5.35. The second-order valence-corrected chi connectivity index (χ2v) is 4.56. The fraction of sp³-hybridized carbons (Fsp3) is 0.818. The van der Waals surface area contributed by atoms with Crippen molar-refractivity contribution in [3.05, 3.63) is 0 Å². The number of amides is 2. The maximum Gasteiger partial charge on any atom is 0.329 e. The monoisotopic (exact) mass is 244 g/mol. The van der Waals surface area contributed by atoms with E-state index < -0.39 is 17.5 Å². The molecule has 0 saturated carbocycles. The number of carboxylic acids is 1. The maximum absolute atomic E-state index is 11.7. The zero-order chi connectivity index (χ0) is 13.1. The van der Waals surface area contributed by atoms with E-state index in [1.54, 1.807) is 6.92 Å². The van der Waals surface area contributed by atoms with E-state index in [1.807, 2.05) is 6.92 Å². The first-order chi connectivity index (χ1) is 7.89. The highest BCUT2D eigenvalue weighted by Crippen LogP contribution is 2.13. The summed E-state index contributed by atoms with van der Waals surface area (Å²) in [6, 6.07) is -0.510. The lowest BCUT2D eigenvalue weighted by atomic mass is 10.00. The molecule has 0 aromatic rings.